The molecule has 1 aliphatic heterocycles. The molecular formula is C8H5IO3. The lowest BCUT2D eigenvalue weighted by atomic mass is 10.1. The number of halogens is 1. The number of phenolic OH excluding ortho intramolecular Hbond substituents is 1. The van der Waals surface area contributed by atoms with Crippen LogP contribution in [-0.4, -0.2) is 17.5 Å². The van der Waals surface area contributed by atoms with Gasteiger partial charge in [0.15, 0.2) is 6.61 Å². The summed E-state index contributed by atoms with van der Waals surface area (Å²) in [6, 6.07) is 3.09. The van der Waals surface area contributed by atoms with Crippen molar-refractivity contribution >= 4 is 28.4 Å². The molecule has 0 aromatic heterocycles. The third kappa shape index (κ3) is 0.979. The van der Waals surface area contributed by atoms with Crippen LogP contribution in [0.3, 0.4) is 0 Å². The molecule has 0 amide bonds. The van der Waals surface area contributed by atoms with E-state index in [0.717, 1.165) is 0 Å². The Hall–Kier alpha value is -0.780. The first-order chi connectivity index (χ1) is 5.70. The zero-order valence-corrected chi connectivity index (χ0v) is 8.16. The number of phenols is 1. The molecule has 0 atom stereocenters. The summed E-state index contributed by atoms with van der Waals surface area (Å²) in [5.74, 6) is 0.646. The zero-order valence-electron chi connectivity index (χ0n) is 6.00. The van der Waals surface area contributed by atoms with Gasteiger partial charge in [0, 0.05) is 0 Å². The van der Waals surface area contributed by atoms with Gasteiger partial charge in [0.25, 0.3) is 0 Å². The minimum absolute atomic E-state index is 0.0251. The molecule has 0 saturated heterocycles. The van der Waals surface area contributed by atoms with E-state index >= 15 is 0 Å². The molecule has 0 bridgehead atoms. The van der Waals surface area contributed by atoms with Crippen molar-refractivity contribution in [3.63, 3.8) is 0 Å². The molecule has 1 N–H and O–H groups in total. The normalized spacial score (nSPS) is 14.2. The van der Waals surface area contributed by atoms with Gasteiger partial charge in [0.1, 0.15) is 11.5 Å². The van der Waals surface area contributed by atoms with Crippen molar-refractivity contribution in [2.75, 3.05) is 6.61 Å². The summed E-state index contributed by atoms with van der Waals surface area (Å²) in [7, 11) is 0. The number of fused-ring (bicyclic) bond motifs is 1. The van der Waals surface area contributed by atoms with E-state index in [9.17, 15) is 9.90 Å². The molecule has 1 aromatic rings. The third-order valence-corrected chi connectivity index (χ3v) is 2.77. The summed E-state index contributed by atoms with van der Waals surface area (Å²) in [6.07, 6.45) is 0. The van der Waals surface area contributed by atoms with Crippen LogP contribution in [0.1, 0.15) is 10.4 Å². The van der Waals surface area contributed by atoms with Crippen molar-refractivity contribution in [1.29, 1.82) is 0 Å². The van der Waals surface area contributed by atoms with E-state index in [1.54, 1.807) is 6.07 Å². The lowest BCUT2D eigenvalue weighted by Crippen LogP contribution is -1.98. The number of ether oxygens (including phenoxy) is 1. The van der Waals surface area contributed by atoms with Crippen LogP contribution in [0.4, 0.5) is 0 Å². The quantitative estimate of drug-likeness (QED) is 0.732. The number of hydrogen-bond donors (Lipinski definition) is 1. The molecule has 2 rings (SSSR count). The van der Waals surface area contributed by atoms with E-state index in [2.05, 4.69) is 0 Å². The Kier molecular flexibility index (Phi) is 1.71. The molecule has 1 aromatic carbocycles. The highest BCUT2D eigenvalue weighted by atomic mass is 127. The molecule has 4 heteroatoms. The fourth-order valence-electron chi connectivity index (χ4n) is 1.12. The maximum atomic E-state index is 11.1. The van der Waals surface area contributed by atoms with Crippen LogP contribution in [0.15, 0.2) is 12.1 Å². The van der Waals surface area contributed by atoms with Gasteiger partial charge in [-0.1, -0.05) is 0 Å². The Bertz CT molecular complexity index is 360. The van der Waals surface area contributed by atoms with Crippen molar-refractivity contribution in [2.45, 2.75) is 0 Å². The Morgan fingerprint density at radius 2 is 2.25 bits per heavy atom. The predicted molar refractivity (Wildman–Crippen MR) is 50.6 cm³/mol. The Morgan fingerprint density at radius 1 is 1.50 bits per heavy atom. The first-order valence-corrected chi connectivity index (χ1v) is 4.45. The molecule has 3 nitrogen and oxygen atoms in total. The number of aromatic hydroxyl groups is 1. The van der Waals surface area contributed by atoms with Crippen molar-refractivity contribution in [3.8, 4) is 11.5 Å². The molecule has 1 aliphatic rings. The largest absolute Gasteiger partial charge is 0.507 e. The molecule has 0 unspecified atom stereocenters. The maximum absolute atomic E-state index is 11.1. The highest BCUT2D eigenvalue weighted by molar-refractivity contribution is 14.1. The first kappa shape index (κ1) is 7.85. The van der Waals surface area contributed by atoms with E-state index < -0.39 is 0 Å². The van der Waals surface area contributed by atoms with Gasteiger partial charge in [-0.2, -0.15) is 0 Å². The lowest BCUT2D eigenvalue weighted by molar-refractivity contribution is 0.0961. The fraction of sp³-hybridized carbons (Fsp3) is 0.125. The highest BCUT2D eigenvalue weighted by Gasteiger charge is 2.24. The van der Waals surface area contributed by atoms with E-state index in [4.69, 9.17) is 4.74 Å². The summed E-state index contributed by atoms with van der Waals surface area (Å²) in [6.45, 7) is 0.0921. The molecular weight excluding hydrogens is 271 g/mol. The number of ketones is 1. The van der Waals surface area contributed by atoms with Crippen LogP contribution < -0.4 is 4.74 Å². The first-order valence-electron chi connectivity index (χ1n) is 3.37. The number of carbonyl (C=O) groups is 1. The minimum atomic E-state index is -0.0251. The fourth-order valence-corrected chi connectivity index (χ4v) is 1.75. The second-order valence-corrected chi connectivity index (χ2v) is 3.57. The third-order valence-electron chi connectivity index (χ3n) is 1.72. The number of rotatable bonds is 0. The predicted octanol–water partition coefficient (Wildman–Crippen LogP) is 1.57. The van der Waals surface area contributed by atoms with Gasteiger partial charge >= 0.3 is 0 Å². The number of carbonyl (C=O) groups excluding carboxylic acids is 1. The summed E-state index contributed by atoms with van der Waals surface area (Å²) >= 11 is 1.95. The van der Waals surface area contributed by atoms with Gasteiger partial charge in [-0.3, -0.25) is 4.79 Å². The molecule has 12 heavy (non-hydrogen) atoms. The van der Waals surface area contributed by atoms with Gasteiger partial charge in [-0.15, -0.1) is 0 Å². The van der Waals surface area contributed by atoms with Gasteiger partial charge in [0.05, 0.1) is 9.13 Å². The molecule has 0 spiro atoms. The monoisotopic (exact) mass is 276 g/mol. The van der Waals surface area contributed by atoms with Gasteiger partial charge in [0.2, 0.25) is 5.78 Å². The molecule has 0 saturated carbocycles. The van der Waals surface area contributed by atoms with Gasteiger partial charge in [-0.05, 0) is 34.7 Å². The van der Waals surface area contributed by atoms with E-state index in [0.29, 0.717) is 14.9 Å². The van der Waals surface area contributed by atoms with E-state index in [1.807, 2.05) is 22.6 Å². The van der Waals surface area contributed by atoms with E-state index in [-0.39, 0.29) is 18.1 Å². The van der Waals surface area contributed by atoms with E-state index in [1.165, 1.54) is 6.07 Å². The molecule has 0 aliphatic carbocycles. The second kappa shape index (κ2) is 2.62. The van der Waals surface area contributed by atoms with Crippen molar-refractivity contribution in [2.24, 2.45) is 0 Å². The van der Waals surface area contributed by atoms with Crippen LogP contribution in [0.25, 0.3) is 0 Å². The summed E-state index contributed by atoms with van der Waals surface area (Å²) in [4.78, 5) is 11.1. The second-order valence-electron chi connectivity index (χ2n) is 2.49. The number of Topliss-reactive ketones (excluding diaryl/α,β-unsaturated/α-hetero) is 1. The number of hydrogen-bond acceptors (Lipinski definition) is 3. The van der Waals surface area contributed by atoms with Gasteiger partial charge in [-0.25, -0.2) is 0 Å². The Morgan fingerprint density at radius 3 is 3.00 bits per heavy atom. The van der Waals surface area contributed by atoms with Crippen molar-refractivity contribution < 1.29 is 14.6 Å². The van der Waals surface area contributed by atoms with Crippen LogP contribution in [0, 0.1) is 3.57 Å². The van der Waals surface area contributed by atoms with Gasteiger partial charge < -0.3 is 9.84 Å². The van der Waals surface area contributed by atoms with Crippen LogP contribution >= 0.6 is 22.6 Å². The van der Waals surface area contributed by atoms with Crippen LogP contribution in [0.2, 0.25) is 0 Å². The van der Waals surface area contributed by atoms with Crippen molar-refractivity contribution in [3.05, 3.63) is 21.3 Å². The maximum Gasteiger partial charge on any atom is 0.203 e. The summed E-state index contributed by atoms with van der Waals surface area (Å²) in [5.41, 5.74) is 0.567. The lowest BCUT2D eigenvalue weighted by Gasteiger charge is -2.01. The average Bonchev–Trinajstić information content (AvgIpc) is 2.41. The van der Waals surface area contributed by atoms with Crippen molar-refractivity contribution in [1.82, 2.24) is 0 Å². The SMILES string of the molecule is O=C1COc2c1ccc(O)c2I. The summed E-state index contributed by atoms with van der Waals surface area (Å²) in [5, 5.41) is 9.27. The van der Waals surface area contributed by atoms with Crippen LogP contribution in [0.5, 0.6) is 11.5 Å². The molecule has 62 valence electrons. The number of benzene rings is 1. The molecule has 0 radical (unpaired) electrons. The van der Waals surface area contributed by atoms with Crippen LogP contribution in [-0.2, 0) is 0 Å². The highest BCUT2D eigenvalue weighted by Crippen LogP contribution is 2.35. The topological polar surface area (TPSA) is 46.5 Å². The average molecular weight is 276 g/mol. The standard InChI is InChI=1S/C8H5IO3/c9-7-5(10)2-1-4-6(11)3-12-8(4)7/h1-2,10H,3H2. The Labute approximate surface area is 82.5 Å². The minimum Gasteiger partial charge on any atom is -0.507 e. The zero-order chi connectivity index (χ0) is 8.72. The molecule has 1 heterocycles. The molecule has 0 fully saturated rings. The smallest absolute Gasteiger partial charge is 0.203 e. The summed E-state index contributed by atoms with van der Waals surface area (Å²) < 4.78 is 5.71. The Balaban J connectivity index is 2.68.